The number of morpholine rings is 1. The molecule has 2 aliphatic rings. The van der Waals surface area contributed by atoms with Crippen LogP contribution >= 0.6 is 0 Å². The van der Waals surface area contributed by atoms with Crippen molar-refractivity contribution in [2.24, 2.45) is 0 Å². The number of nitrogens with zero attached hydrogens (tertiary/aromatic N) is 5. The van der Waals surface area contributed by atoms with Gasteiger partial charge in [-0.1, -0.05) is 12.1 Å². The van der Waals surface area contributed by atoms with E-state index in [1.165, 1.54) is 6.07 Å². The molecule has 4 heterocycles. The van der Waals surface area contributed by atoms with E-state index in [2.05, 4.69) is 20.1 Å². The van der Waals surface area contributed by atoms with Crippen LogP contribution in [0.3, 0.4) is 0 Å². The maximum atomic E-state index is 13.8. The molecule has 2 saturated heterocycles. The highest BCUT2D eigenvalue weighted by Crippen LogP contribution is 2.35. The molecular weight excluding hydrogens is 423 g/mol. The monoisotopic (exact) mass is 452 g/mol. The average molecular weight is 453 g/mol. The van der Waals surface area contributed by atoms with E-state index in [1.807, 2.05) is 18.2 Å². The highest BCUT2D eigenvalue weighted by molar-refractivity contribution is 5.93. The summed E-state index contributed by atoms with van der Waals surface area (Å²) in [6.07, 6.45) is 4.38. The molecule has 0 bridgehead atoms. The van der Waals surface area contributed by atoms with Crippen LogP contribution in [-0.2, 0) is 4.74 Å². The molecule has 0 saturated carbocycles. The fourth-order valence-electron chi connectivity index (χ4n) is 4.69. The van der Waals surface area contributed by atoms with Crippen molar-refractivity contribution in [1.82, 2.24) is 24.8 Å². The minimum Gasteiger partial charge on any atom is -0.379 e. The maximum absolute atomic E-state index is 13.8. The summed E-state index contributed by atoms with van der Waals surface area (Å²) in [6.45, 7) is 5.81. The zero-order valence-corrected chi connectivity index (χ0v) is 18.6. The Balaban J connectivity index is 1.27. The van der Waals surface area contributed by atoms with Gasteiger partial charge in [-0.15, -0.1) is 5.10 Å². The second-order valence-electron chi connectivity index (χ2n) is 8.57. The first-order valence-electron chi connectivity index (χ1n) is 11.6. The quantitative estimate of drug-likeness (QED) is 0.556. The van der Waals surface area contributed by atoms with Crippen LogP contribution in [0.4, 0.5) is 10.2 Å². The Labute approximate surface area is 192 Å². The smallest absolute Gasteiger partial charge is 0.271 e. The molecule has 5 rings (SSSR count). The third-order valence-electron chi connectivity index (χ3n) is 6.40. The summed E-state index contributed by atoms with van der Waals surface area (Å²) in [4.78, 5) is 21.7. The van der Waals surface area contributed by atoms with E-state index in [0.29, 0.717) is 17.9 Å². The predicted molar refractivity (Wildman–Crippen MR) is 123 cm³/mol. The van der Waals surface area contributed by atoms with Gasteiger partial charge in [-0.2, -0.15) is 0 Å². The average Bonchev–Trinajstić information content (AvgIpc) is 3.49. The van der Waals surface area contributed by atoms with Crippen molar-refractivity contribution in [2.75, 3.05) is 50.8 Å². The molecule has 1 N–H and O–H groups in total. The van der Waals surface area contributed by atoms with Gasteiger partial charge in [0.15, 0.2) is 11.3 Å². The lowest BCUT2D eigenvalue weighted by Gasteiger charge is -2.26. The highest BCUT2D eigenvalue weighted by Gasteiger charge is 2.28. The Kier molecular flexibility index (Phi) is 6.50. The van der Waals surface area contributed by atoms with Crippen LogP contribution in [0, 0.1) is 5.82 Å². The molecule has 9 heteroatoms. The number of imidazole rings is 1. The fraction of sp³-hybridized carbons (Fsp3) is 0.458. The molecule has 0 radical (unpaired) electrons. The number of anilines is 1. The summed E-state index contributed by atoms with van der Waals surface area (Å²) >= 11 is 0. The number of ether oxygens (including phenoxy) is 1. The van der Waals surface area contributed by atoms with E-state index < -0.39 is 0 Å². The molecular formula is C24H29FN6O2. The number of rotatable bonds is 7. The van der Waals surface area contributed by atoms with Crippen LogP contribution in [0.5, 0.6) is 0 Å². The minimum atomic E-state index is -0.232. The highest BCUT2D eigenvalue weighted by atomic mass is 19.1. The van der Waals surface area contributed by atoms with Gasteiger partial charge in [0.1, 0.15) is 11.6 Å². The van der Waals surface area contributed by atoms with Crippen LogP contribution in [0.25, 0.3) is 5.65 Å². The van der Waals surface area contributed by atoms with Crippen LogP contribution < -0.4 is 10.2 Å². The molecule has 1 atom stereocenters. The van der Waals surface area contributed by atoms with Crippen molar-refractivity contribution < 1.29 is 13.9 Å². The molecule has 2 aliphatic heterocycles. The topological polar surface area (TPSA) is 75.0 Å². The SMILES string of the molecule is O=C(NCCCN1CCOCC1)c1cnc2ccc(N3CCC[C@@H]3c3cccc(F)c3)nn12. The second-order valence-corrected chi connectivity index (χ2v) is 8.57. The van der Waals surface area contributed by atoms with Crippen LogP contribution in [0.1, 0.15) is 41.4 Å². The van der Waals surface area contributed by atoms with Crippen LogP contribution in [0.2, 0.25) is 0 Å². The number of benzene rings is 1. The largest absolute Gasteiger partial charge is 0.379 e. The van der Waals surface area contributed by atoms with Gasteiger partial charge in [0.2, 0.25) is 0 Å². The molecule has 2 aromatic heterocycles. The van der Waals surface area contributed by atoms with E-state index in [4.69, 9.17) is 9.84 Å². The van der Waals surface area contributed by atoms with Gasteiger partial charge in [0.25, 0.3) is 5.91 Å². The van der Waals surface area contributed by atoms with Crippen molar-refractivity contribution in [1.29, 1.82) is 0 Å². The molecule has 0 aliphatic carbocycles. The number of aromatic nitrogens is 3. The first-order chi connectivity index (χ1) is 16.2. The zero-order valence-electron chi connectivity index (χ0n) is 18.6. The molecule has 2 fully saturated rings. The Bertz CT molecular complexity index is 1110. The van der Waals surface area contributed by atoms with Gasteiger partial charge in [0.05, 0.1) is 25.5 Å². The lowest BCUT2D eigenvalue weighted by atomic mass is 10.0. The standard InChI is InChI=1S/C24H29FN6O2/c25-19-5-1-4-18(16-19)20-6-2-11-30(20)23-8-7-22-27-17-21(31(22)28-23)24(32)26-9-3-10-29-12-14-33-15-13-29/h1,4-5,7-8,16-17,20H,2-3,6,9-15H2,(H,26,32)/t20-/m1/s1. The molecule has 8 nitrogen and oxygen atoms in total. The van der Waals surface area contributed by atoms with E-state index >= 15 is 0 Å². The molecule has 33 heavy (non-hydrogen) atoms. The normalized spacial score (nSPS) is 19.3. The van der Waals surface area contributed by atoms with Gasteiger partial charge in [-0.05, 0) is 55.6 Å². The number of halogens is 1. The second kappa shape index (κ2) is 9.84. The Morgan fingerprint density at radius 3 is 2.91 bits per heavy atom. The molecule has 1 amide bonds. The van der Waals surface area contributed by atoms with Gasteiger partial charge in [-0.3, -0.25) is 9.69 Å². The summed E-state index contributed by atoms with van der Waals surface area (Å²) in [5, 5.41) is 7.74. The summed E-state index contributed by atoms with van der Waals surface area (Å²) < 4.78 is 20.8. The van der Waals surface area contributed by atoms with E-state index in [0.717, 1.165) is 70.0 Å². The summed E-state index contributed by atoms with van der Waals surface area (Å²) in [5.41, 5.74) is 1.98. The van der Waals surface area contributed by atoms with Crippen LogP contribution in [-0.4, -0.2) is 71.3 Å². The van der Waals surface area contributed by atoms with Gasteiger partial charge >= 0.3 is 0 Å². The third kappa shape index (κ3) is 4.84. The number of nitrogens with one attached hydrogen (secondary N) is 1. The van der Waals surface area contributed by atoms with E-state index in [-0.39, 0.29) is 17.8 Å². The summed E-state index contributed by atoms with van der Waals surface area (Å²) in [6, 6.07) is 10.6. The minimum absolute atomic E-state index is 0.0617. The molecule has 0 spiro atoms. The van der Waals surface area contributed by atoms with E-state index in [9.17, 15) is 9.18 Å². The predicted octanol–water partition coefficient (Wildman–Crippen LogP) is 2.66. The molecule has 0 unspecified atom stereocenters. The van der Waals surface area contributed by atoms with Crippen molar-refractivity contribution in [3.63, 3.8) is 0 Å². The number of fused-ring (bicyclic) bond motifs is 1. The molecule has 174 valence electrons. The first-order valence-corrected chi connectivity index (χ1v) is 11.6. The van der Waals surface area contributed by atoms with Crippen molar-refractivity contribution >= 4 is 17.4 Å². The Hall–Kier alpha value is -3.04. The van der Waals surface area contributed by atoms with Gasteiger partial charge in [-0.25, -0.2) is 13.9 Å². The lowest BCUT2D eigenvalue weighted by Crippen LogP contribution is -2.38. The third-order valence-corrected chi connectivity index (χ3v) is 6.40. The van der Waals surface area contributed by atoms with Crippen molar-refractivity contribution in [3.8, 4) is 0 Å². The fourth-order valence-corrected chi connectivity index (χ4v) is 4.69. The van der Waals surface area contributed by atoms with Gasteiger partial charge in [0, 0.05) is 26.2 Å². The lowest BCUT2D eigenvalue weighted by molar-refractivity contribution is 0.0374. The molecule has 3 aromatic rings. The number of carbonyl (C=O) groups excluding carboxylic acids is 1. The Morgan fingerprint density at radius 1 is 1.18 bits per heavy atom. The van der Waals surface area contributed by atoms with Gasteiger partial charge < -0.3 is 15.0 Å². The number of amides is 1. The molecule has 1 aromatic carbocycles. The van der Waals surface area contributed by atoms with Crippen molar-refractivity contribution in [3.05, 3.63) is 59.7 Å². The summed E-state index contributed by atoms with van der Waals surface area (Å²) in [5.74, 6) is 0.343. The number of carbonyl (C=O) groups is 1. The Morgan fingerprint density at radius 2 is 2.06 bits per heavy atom. The number of hydrogen-bond donors (Lipinski definition) is 1. The zero-order chi connectivity index (χ0) is 22.6. The first kappa shape index (κ1) is 21.8. The number of hydrogen-bond acceptors (Lipinski definition) is 6. The maximum Gasteiger partial charge on any atom is 0.271 e. The van der Waals surface area contributed by atoms with Crippen LogP contribution in [0.15, 0.2) is 42.6 Å². The summed E-state index contributed by atoms with van der Waals surface area (Å²) in [7, 11) is 0. The van der Waals surface area contributed by atoms with E-state index in [1.54, 1.807) is 22.8 Å². The van der Waals surface area contributed by atoms with Crippen molar-refractivity contribution in [2.45, 2.75) is 25.3 Å².